The van der Waals surface area contributed by atoms with E-state index in [1.165, 1.54) is 0 Å². The summed E-state index contributed by atoms with van der Waals surface area (Å²) in [6.07, 6.45) is 23.5. The van der Waals surface area contributed by atoms with E-state index in [0.29, 0.717) is 0 Å². The maximum Gasteiger partial charge on any atom is -0.0227 e. The molecule has 0 bridgehead atoms. The molecule has 1 aliphatic carbocycles. The lowest BCUT2D eigenvalue weighted by molar-refractivity contribution is 1.05. The Morgan fingerprint density at radius 3 is 2.42 bits per heavy atom. The quantitative estimate of drug-likeness (QED) is 0.505. The lowest BCUT2D eigenvalue weighted by Crippen LogP contribution is -1.64. The molecular weight excluding hydrogens is 144 g/mol. The van der Waals surface area contributed by atoms with Gasteiger partial charge >= 0.3 is 0 Å². The van der Waals surface area contributed by atoms with Crippen LogP contribution in [0.4, 0.5) is 0 Å². The molecular formula is C12H13. The lowest BCUT2D eigenvalue weighted by atomic mass is 10.2. The van der Waals surface area contributed by atoms with Gasteiger partial charge in [-0.2, -0.15) is 0 Å². The molecule has 0 aromatic heterocycles. The summed E-state index contributed by atoms with van der Waals surface area (Å²) in [5.74, 6) is 0. The molecule has 0 amide bonds. The standard InChI is InChI=1S/C12H13/c1-2-4-6-8-10-12-11-9-7-5-3-1/h1-8,12H,9,11H2/b3-1+,4-2-,7-5-,8-6+,12-10?. The highest BCUT2D eigenvalue weighted by molar-refractivity contribution is 5.17. The third-order valence-electron chi connectivity index (χ3n) is 1.48. The van der Waals surface area contributed by atoms with Crippen molar-refractivity contribution in [3.8, 4) is 0 Å². The van der Waals surface area contributed by atoms with Gasteiger partial charge < -0.3 is 0 Å². The van der Waals surface area contributed by atoms with Crippen molar-refractivity contribution in [1.29, 1.82) is 0 Å². The van der Waals surface area contributed by atoms with Crippen LogP contribution in [0.2, 0.25) is 0 Å². The summed E-state index contributed by atoms with van der Waals surface area (Å²) in [7, 11) is 0. The van der Waals surface area contributed by atoms with Gasteiger partial charge in [-0.25, -0.2) is 0 Å². The molecule has 0 nitrogen and oxygen atoms in total. The molecule has 0 fully saturated rings. The number of rotatable bonds is 0. The Bertz CT molecular complexity index is 211. The van der Waals surface area contributed by atoms with Crippen molar-refractivity contribution in [3.05, 3.63) is 60.8 Å². The Morgan fingerprint density at radius 1 is 0.750 bits per heavy atom. The Balaban J connectivity index is 2.55. The Kier molecular flexibility index (Phi) is 4.70. The zero-order valence-electron chi connectivity index (χ0n) is 7.11. The zero-order chi connectivity index (χ0) is 8.49. The van der Waals surface area contributed by atoms with Crippen LogP contribution in [0, 0.1) is 6.08 Å². The Labute approximate surface area is 74.3 Å². The van der Waals surface area contributed by atoms with Crippen LogP contribution in [0.15, 0.2) is 54.7 Å². The van der Waals surface area contributed by atoms with E-state index in [0.717, 1.165) is 12.8 Å². The second kappa shape index (κ2) is 6.41. The zero-order valence-corrected chi connectivity index (χ0v) is 7.11. The monoisotopic (exact) mass is 157 g/mol. The number of hydrogen-bond donors (Lipinski definition) is 0. The van der Waals surface area contributed by atoms with E-state index < -0.39 is 0 Å². The first-order valence-electron chi connectivity index (χ1n) is 4.23. The van der Waals surface area contributed by atoms with Gasteiger partial charge in [0.2, 0.25) is 0 Å². The summed E-state index contributed by atoms with van der Waals surface area (Å²) < 4.78 is 0. The molecule has 0 heteroatoms. The fourth-order valence-corrected chi connectivity index (χ4v) is 0.873. The van der Waals surface area contributed by atoms with Crippen molar-refractivity contribution in [3.63, 3.8) is 0 Å². The average Bonchev–Trinajstić information content (AvgIpc) is 2.05. The largest absolute Gasteiger partial charge is 0.0842 e. The second-order valence-corrected chi connectivity index (χ2v) is 2.51. The molecule has 1 rings (SSSR count). The van der Waals surface area contributed by atoms with Crippen molar-refractivity contribution in [2.75, 3.05) is 0 Å². The molecule has 1 radical (unpaired) electrons. The van der Waals surface area contributed by atoms with Crippen molar-refractivity contribution >= 4 is 0 Å². The van der Waals surface area contributed by atoms with E-state index >= 15 is 0 Å². The van der Waals surface area contributed by atoms with Crippen LogP contribution in [-0.2, 0) is 0 Å². The van der Waals surface area contributed by atoms with Crippen molar-refractivity contribution in [2.24, 2.45) is 0 Å². The second-order valence-electron chi connectivity index (χ2n) is 2.51. The fraction of sp³-hybridized carbons (Fsp3) is 0.167. The van der Waals surface area contributed by atoms with Gasteiger partial charge in [0, 0.05) is 0 Å². The maximum atomic E-state index is 3.09. The van der Waals surface area contributed by atoms with E-state index in [9.17, 15) is 0 Å². The van der Waals surface area contributed by atoms with E-state index in [4.69, 9.17) is 0 Å². The van der Waals surface area contributed by atoms with Crippen molar-refractivity contribution in [1.82, 2.24) is 0 Å². The van der Waals surface area contributed by atoms with Crippen LogP contribution >= 0.6 is 0 Å². The minimum Gasteiger partial charge on any atom is -0.0842 e. The first-order valence-corrected chi connectivity index (χ1v) is 4.23. The van der Waals surface area contributed by atoms with Crippen molar-refractivity contribution in [2.45, 2.75) is 12.8 Å². The Hall–Kier alpha value is -1.30. The first-order chi connectivity index (χ1) is 6.00. The van der Waals surface area contributed by atoms with Gasteiger partial charge in [0.15, 0.2) is 0 Å². The number of allylic oxidation sites excluding steroid dienone is 10. The molecule has 0 spiro atoms. The van der Waals surface area contributed by atoms with Crippen LogP contribution in [0.3, 0.4) is 0 Å². The van der Waals surface area contributed by atoms with E-state index in [-0.39, 0.29) is 0 Å². The summed E-state index contributed by atoms with van der Waals surface area (Å²) in [5.41, 5.74) is 0. The topological polar surface area (TPSA) is 0 Å². The molecule has 0 saturated carbocycles. The van der Waals surface area contributed by atoms with Gasteiger partial charge in [-0.05, 0) is 18.9 Å². The van der Waals surface area contributed by atoms with Gasteiger partial charge in [0.1, 0.15) is 0 Å². The van der Waals surface area contributed by atoms with Crippen LogP contribution in [0.25, 0.3) is 0 Å². The smallest absolute Gasteiger partial charge is 0.0227 e. The maximum absolute atomic E-state index is 3.09. The molecule has 61 valence electrons. The molecule has 0 saturated heterocycles. The van der Waals surface area contributed by atoms with Crippen molar-refractivity contribution < 1.29 is 0 Å². The summed E-state index contributed by atoms with van der Waals surface area (Å²) in [6.45, 7) is 0. The predicted molar refractivity (Wildman–Crippen MR) is 53.6 cm³/mol. The molecule has 0 aromatic carbocycles. The molecule has 0 aromatic rings. The van der Waals surface area contributed by atoms with E-state index in [1.54, 1.807) is 0 Å². The van der Waals surface area contributed by atoms with Crippen LogP contribution in [-0.4, -0.2) is 0 Å². The third-order valence-corrected chi connectivity index (χ3v) is 1.48. The minimum atomic E-state index is 1.07. The third kappa shape index (κ3) is 4.51. The molecule has 0 atom stereocenters. The van der Waals surface area contributed by atoms with Gasteiger partial charge in [0.25, 0.3) is 0 Å². The van der Waals surface area contributed by atoms with Gasteiger partial charge in [-0.1, -0.05) is 54.7 Å². The summed E-state index contributed by atoms with van der Waals surface area (Å²) in [5, 5.41) is 0. The molecule has 1 aliphatic rings. The Morgan fingerprint density at radius 2 is 1.50 bits per heavy atom. The van der Waals surface area contributed by atoms with Crippen LogP contribution in [0.5, 0.6) is 0 Å². The molecule has 0 N–H and O–H groups in total. The summed E-state index contributed by atoms with van der Waals surface area (Å²) >= 11 is 0. The highest BCUT2D eigenvalue weighted by Crippen LogP contribution is 1.94. The minimum absolute atomic E-state index is 1.07. The van der Waals surface area contributed by atoms with E-state index in [1.807, 2.05) is 36.5 Å². The van der Waals surface area contributed by atoms with Gasteiger partial charge in [-0.3, -0.25) is 0 Å². The fourth-order valence-electron chi connectivity index (χ4n) is 0.873. The lowest BCUT2D eigenvalue weighted by Gasteiger charge is -1.84. The van der Waals surface area contributed by atoms with Crippen LogP contribution < -0.4 is 0 Å². The molecule has 0 aliphatic heterocycles. The van der Waals surface area contributed by atoms with E-state index in [2.05, 4.69) is 24.3 Å². The van der Waals surface area contributed by atoms with Gasteiger partial charge in [0.05, 0.1) is 0 Å². The normalized spacial score (nSPS) is 30.7. The molecule has 0 heterocycles. The SMILES string of the molecule is [C]1=C/CC\C=C/C=C/C=C\C=C\1. The first kappa shape index (κ1) is 8.79. The highest BCUT2D eigenvalue weighted by Gasteiger charge is 1.74. The molecule has 0 unspecified atom stereocenters. The molecule has 12 heavy (non-hydrogen) atoms. The average molecular weight is 157 g/mol. The summed E-state index contributed by atoms with van der Waals surface area (Å²) in [6, 6.07) is 0. The highest BCUT2D eigenvalue weighted by atomic mass is 13.8. The van der Waals surface area contributed by atoms with Crippen LogP contribution in [0.1, 0.15) is 12.8 Å². The predicted octanol–water partition coefficient (Wildman–Crippen LogP) is 3.36. The summed E-state index contributed by atoms with van der Waals surface area (Å²) in [4.78, 5) is 0. The van der Waals surface area contributed by atoms with Gasteiger partial charge in [-0.15, -0.1) is 0 Å². The number of hydrogen-bond acceptors (Lipinski definition) is 0.